The first-order valence-corrected chi connectivity index (χ1v) is 9.03. The van der Waals surface area contributed by atoms with E-state index in [-0.39, 0.29) is 34.1 Å². The molecule has 2 atom stereocenters. The van der Waals surface area contributed by atoms with Crippen LogP contribution >= 0.6 is 15.9 Å². The van der Waals surface area contributed by atoms with Crippen LogP contribution in [0.15, 0.2) is 22.7 Å². The number of aliphatic carboxylic acids is 1. The number of likely N-dealkylation sites (tertiary alicyclic amines) is 1. The molecule has 1 aromatic carbocycles. The number of carboxylic acids is 1. The first kappa shape index (κ1) is 19.6. The molecule has 5 nitrogen and oxygen atoms in total. The maximum atomic E-state index is 13.6. The molecule has 1 aliphatic heterocycles. The average Bonchev–Trinajstić information content (AvgIpc) is 3.04. The molecule has 0 saturated carbocycles. The quantitative estimate of drug-likeness (QED) is 0.723. The van der Waals surface area contributed by atoms with E-state index in [1.54, 1.807) is 0 Å². The molecule has 0 aromatic heterocycles. The van der Waals surface area contributed by atoms with Gasteiger partial charge in [0.25, 0.3) is 0 Å². The van der Waals surface area contributed by atoms with Gasteiger partial charge < -0.3 is 10.0 Å². The largest absolute Gasteiger partial charge is 0.480 e. The van der Waals surface area contributed by atoms with Crippen molar-refractivity contribution in [2.75, 3.05) is 6.54 Å². The summed E-state index contributed by atoms with van der Waals surface area (Å²) in [4.78, 5) is 38.0. The van der Waals surface area contributed by atoms with Gasteiger partial charge in [-0.3, -0.25) is 9.59 Å². The third kappa shape index (κ3) is 4.45. The number of carbonyl (C=O) groups excluding carboxylic acids is 2. The van der Waals surface area contributed by atoms with E-state index in [0.717, 1.165) is 6.07 Å². The summed E-state index contributed by atoms with van der Waals surface area (Å²) in [6.45, 7) is 4.04. The molecular weight excluding hydrogens is 393 g/mol. The fraction of sp³-hybridized carbons (Fsp3) is 0.500. The molecule has 0 bridgehead atoms. The van der Waals surface area contributed by atoms with E-state index in [4.69, 9.17) is 0 Å². The molecule has 1 N–H and O–H groups in total. The van der Waals surface area contributed by atoms with Crippen LogP contribution in [0.1, 0.15) is 43.5 Å². The fourth-order valence-corrected chi connectivity index (χ4v) is 3.34. The summed E-state index contributed by atoms with van der Waals surface area (Å²) in [5.74, 6) is -2.96. The van der Waals surface area contributed by atoms with Gasteiger partial charge in [0.05, 0.1) is 4.47 Å². The second kappa shape index (κ2) is 8.08. The van der Waals surface area contributed by atoms with Crippen molar-refractivity contribution in [1.82, 2.24) is 4.90 Å². The van der Waals surface area contributed by atoms with Crippen LogP contribution in [0.25, 0.3) is 0 Å². The standard InChI is InChI=1S/C18H21BrFNO4/c1-10(2)12(17(23)21-7-3-4-15(21)18(24)25)9-16(22)11-5-6-13(19)14(20)8-11/h5-6,8,10,12,15H,3-4,7,9H2,1-2H3,(H,24,25)/t12-,15-/m0/s1. The summed E-state index contributed by atoms with van der Waals surface area (Å²) in [6.07, 6.45) is 0.998. The Morgan fingerprint density at radius 3 is 2.60 bits per heavy atom. The maximum absolute atomic E-state index is 13.6. The first-order chi connectivity index (χ1) is 11.7. The van der Waals surface area contributed by atoms with Gasteiger partial charge in [-0.25, -0.2) is 9.18 Å². The van der Waals surface area contributed by atoms with Crippen molar-refractivity contribution < 1.29 is 23.9 Å². The molecule has 0 radical (unpaired) electrons. The molecular formula is C18H21BrFNO4. The summed E-state index contributed by atoms with van der Waals surface area (Å²) in [7, 11) is 0. The molecule has 0 unspecified atom stereocenters. The Bertz CT molecular complexity index is 692. The van der Waals surface area contributed by atoms with Crippen LogP contribution in [0.4, 0.5) is 4.39 Å². The highest BCUT2D eigenvalue weighted by Crippen LogP contribution is 2.27. The van der Waals surface area contributed by atoms with E-state index in [2.05, 4.69) is 15.9 Å². The van der Waals surface area contributed by atoms with E-state index in [1.807, 2.05) is 13.8 Å². The molecule has 0 aliphatic carbocycles. The van der Waals surface area contributed by atoms with Gasteiger partial charge in [-0.15, -0.1) is 0 Å². The Labute approximate surface area is 154 Å². The van der Waals surface area contributed by atoms with Crippen molar-refractivity contribution in [1.29, 1.82) is 0 Å². The predicted molar refractivity (Wildman–Crippen MR) is 93.7 cm³/mol. The zero-order valence-corrected chi connectivity index (χ0v) is 15.8. The van der Waals surface area contributed by atoms with Gasteiger partial charge in [-0.05, 0) is 46.8 Å². The average molecular weight is 414 g/mol. The molecule has 136 valence electrons. The summed E-state index contributed by atoms with van der Waals surface area (Å²) < 4.78 is 13.9. The summed E-state index contributed by atoms with van der Waals surface area (Å²) in [6, 6.07) is 3.28. The van der Waals surface area contributed by atoms with Crippen LogP contribution < -0.4 is 0 Å². The second-order valence-electron chi connectivity index (χ2n) is 6.63. The SMILES string of the molecule is CC(C)[C@H](CC(=O)c1ccc(Br)c(F)c1)C(=O)N1CCC[C@H]1C(=O)O. The lowest BCUT2D eigenvalue weighted by molar-refractivity contribution is -0.150. The Morgan fingerprint density at radius 1 is 1.36 bits per heavy atom. The number of Topliss-reactive ketones (excluding diaryl/α,β-unsaturated/α-hetero) is 1. The number of hydrogen-bond acceptors (Lipinski definition) is 3. The maximum Gasteiger partial charge on any atom is 0.326 e. The normalized spacial score (nSPS) is 18.4. The minimum absolute atomic E-state index is 0.0690. The van der Waals surface area contributed by atoms with Crippen LogP contribution in [-0.4, -0.2) is 40.3 Å². The molecule has 1 amide bonds. The van der Waals surface area contributed by atoms with Gasteiger partial charge in [-0.1, -0.05) is 19.9 Å². The van der Waals surface area contributed by atoms with Gasteiger partial charge in [0.1, 0.15) is 11.9 Å². The van der Waals surface area contributed by atoms with Gasteiger partial charge in [0, 0.05) is 24.4 Å². The van der Waals surface area contributed by atoms with Crippen molar-refractivity contribution in [2.24, 2.45) is 11.8 Å². The van der Waals surface area contributed by atoms with Gasteiger partial charge in [0.15, 0.2) is 5.78 Å². The summed E-state index contributed by atoms with van der Waals surface area (Å²) >= 11 is 3.04. The highest BCUT2D eigenvalue weighted by atomic mass is 79.9. The predicted octanol–water partition coefficient (Wildman–Crippen LogP) is 3.51. The van der Waals surface area contributed by atoms with Crippen LogP contribution in [-0.2, 0) is 9.59 Å². The summed E-state index contributed by atoms with van der Waals surface area (Å²) in [5, 5.41) is 9.26. The summed E-state index contributed by atoms with van der Waals surface area (Å²) in [5.41, 5.74) is 0.204. The Morgan fingerprint density at radius 2 is 2.04 bits per heavy atom. The number of benzene rings is 1. The molecule has 0 spiro atoms. The van der Waals surface area contributed by atoms with Crippen LogP contribution in [0.3, 0.4) is 0 Å². The molecule has 2 rings (SSSR count). The van der Waals surface area contributed by atoms with Gasteiger partial charge in [-0.2, -0.15) is 0 Å². The molecule has 1 aromatic rings. The molecule has 1 fully saturated rings. The van der Waals surface area contributed by atoms with Crippen LogP contribution in [0.5, 0.6) is 0 Å². The van der Waals surface area contributed by atoms with Crippen molar-refractivity contribution in [2.45, 2.75) is 39.2 Å². The third-order valence-electron chi connectivity index (χ3n) is 4.59. The van der Waals surface area contributed by atoms with E-state index in [1.165, 1.54) is 17.0 Å². The smallest absolute Gasteiger partial charge is 0.326 e. The lowest BCUT2D eigenvalue weighted by Crippen LogP contribution is -2.45. The fourth-order valence-electron chi connectivity index (χ4n) is 3.10. The molecule has 25 heavy (non-hydrogen) atoms. The topological polar surface area (TPSA) is 74.7 Å². The van der Waals surface area contributed by atoms with Crippen molar-refractivity contribution in [3.8, 4) is 0 Å². The van der Waals surface area contributed by atoms with E-state index < -0.39 is 23.7 Å². The number of carbonyl (C=O) groups is 3. The highest BCUT2D eigenvalue weighted by molar-refractivity contribution is 9.10. The Hall–Kier alpha value is -1.76. The van der Waals surface area contributed by atoms with E-state index in [0.29, 0.717) is 19.4 Å². The molecule has 1 saturated heterocycles. The zero-order chi connectivity index (χ0) is 18.7. The zero-order valence-electron chi connectivity index (χ0n) is 14.2. The van der Waals surface area contributed by atoms with Crippen LogP contribution in [0, 0.1) is 17.7 Å². The Kier molecular flexibility index (Phi) is 6.32. The number of halogens is 2. The monoisotopic (exact) mass is 413 g/mol. The number of carboxylic acid groups (broad SMARTS) is 1. The lowest BCUT2D eigenvalue weighted by atomic mass is 9.87. The minimum Gasteiger partial charge on any atom is -0.480 e. The molecule has 7 heteroatoms. The van der Waals surface area contributed by atoms with Gasteiger partial charge >= 0.3 is 5.97 Å². The van der Waals surface area contributed by atoms with Gasteiger partial charge in [0.2, 0.25) is 5.91 Å². The second-order valence-corrected chi connectivity index (χ2v) is 7.49. The number of rotatable bonds is 6. The van der Waals surface area contributed by atoms with Crippen molar-refractivity contribution in [3.63, 3.8) is 0 Å². The lowest BCUT2D eigenvalue weighted by Gasteiger charge is -2.28. The van der Waals surface area contributed by atoms with Crippen molar-refractivity contribution >= 4 is 33.6 Å². The minimum atomic E-state index is -1.02. The number of nitrogens with zero attached hydrogens (tertiary/aromatic N) is 1. The number of hydrogen-bond donors (Lipinski definition) is 1. The molecule has 1 aliphatic rings. The molecule has 1 heterocycles. The first-order valence-electron chi connectivity index (χ1n) is 8.24. The van der Waals surface area contributed by atoms with Crippen LogP contribution in [0.2, 0.25) is 0 Å². The van der Waals surface area contributed by atoms with E-state index >= 15 is 0 Å². The van der Waals surface area contributed by atoms with E-state index in [9.17, 15) is 23.9 Å². The number of amides is 1. The highest BCUT2D eigenvalue weighted by Gasteiger charge is 2.38. The number of ketones is 1. The van der Waals surface area contributed by atoms with Crippen molar-refractivity contribution in [3.05, 3.63) is 34.1 Å². The third-order valence-corrected chi connectivity index (χ3v) is 5.23. The Balaban J connectivity index is 2.17.